The lowest BCUT2D eigenvalue weighted by molar-refractivity contribution is -0.129. The van der Waals surface area contributed by atoms with Crippen molar-refractivity contribution in [3.8, 4) is 5.75 Å². The zero-order valence-electron chi connectivity index (χ0n) is 17.2. The summed E-state index contributed by atoms with van der Waals surface area (Å²) in [6.07, 6.45) is 0.924. The molecular weight excluding hydrogens is 328 g/mol. The van der Waals surface area contributed by atoms with Crippen LogP contribution >= 0.6 is 0 Å². The smallest absolute Gasteiger partial charge is 0.242 e. The van der Waals surface area contributed by atoms with E-state index in [-0.39, 0.29) is 22.8 Å². The van der Waals surface area contributed by atoms with Crippen molar-refractivity contribution < 1.29 is 14.3 Å². The number of rotatable bonds is 7. The van der Waals surface area contributed by atoms with Gasteiger partial charge in [0, 0.05) is 12.0 Å². The first-order valence-electron chi connectivity index (χ1n) is 9.23. The SMILES string of the molecule is CC(NC(=O)CCCOc1ccc(C(C)(C)C)cc1)C(=O)NC(C)(C)C. The lowest BCUT2D eigenvalue weighted by Crippen LogP contribution is -2.50. The normalized spacial score (nSPS) is 13.0. The topological polar surface area (TPSA) is 67.4 Å². The first-order valence-corrected chi connectivity index (χ1v) is 9.23. The van der Waals surface area contributed by atoms with Crippen LogP contribution in [0.25, 0.3) is 0 Å². The van der Waals surface area contributed by atoms with Crippen molar-refractivity contribution in [3.05, 3.63) is 29.8 Å². The van der Waals surface area contributed by atoms with Gasteiger partial charge in [-0.15, -0.1) is 0 Å². The van der Waals surface area contributed by atoms with E-state index in [1.165, 1.54) is 5.56 Å². The lowest BCUT2D eigenvalue weighted by Gasteiger charge is -2.23. The van der Waals surface area contributed by atoms with Crippen molar-refractivity contribution in [1.82, 2.24) is 10.6 Å². The van der Waals surface area contributed by atoms with Crippen LogP contribution < -0.4 is 15.4 Å². The largest absolute Gasteiger partial charge is 0.494 e. The second-order valence-electron chi connectivity index (χ2n) is 8.75. The predicted molar refractivity (Wildman–Crippen MR) is 105 cm³/mol. The van der Waals surface area contributed by atoms with E-state index in [1.54, 1.807) is 6.92 Å². The molecule has 0 aromatic heterocycles. The van der Waals surface area contributed by atoms with Gasteiger partial charge in [0.15, 0.2) is 0 Å². The van der Waals surface area contributed by atoms with Crippen LogP contribution in [0.5, 0.6) is 5.75 Å². The summed E-state index contributed by atoms with van der Waals surface area (Å²) in [5.41, 5.74) is 1.06. The summed E-state index contributed by atoms with van der Waals surface area (Å²) in [5.74, 6) is 0.477. The summed E-state index contributed by atoms with van der Waals surface area (Å²) < 4.78 is 5.68. The highest BCUT2D eigenvalue weighted by molar-refractivity contribution is 5.87. The maximum absolute atomic E-state index is 12.0. The number of hydrogen-bond acceptors (Lipinski definition) is 3. The van der Waals surface area contributed by atoms with Gasteiger partial charge in [-0.1, -0.05) is 32.9 Å². The fourth-order valence-electron chi connectivity index (χ4n) is 2.33. The Bertz CT molecular complexity index is 595. The molecule has 1 aromatic rings. The predicted octanol–water partition coefficient (Wildman–Crippen LogP) is 3.56. The van der Waals surface area contributed by atoms with Crippen molar-refractivity contribution in [2.75, 3.05) is 6.61 Å². The van der Waals surface area contributed by atoms with Gasteiger partial charge in [0.2, 0.25) is 11.8 Å². The van der Waals surface area contributed by atoms with Gasteiger partial charge in [-0.3, -0.25) is 9.59 Å². The first kappa shape index (κ1) is 22.0. The zero-order valence-corrected chi connectivity index (χ0v) is 17.2. The molecule has 0 saturated heterocycles. The Labute approximate surface area is 157 Å². The van der Waals surface area contributed by atoms with Gasteiger partial charge < -0.3 is 15.4 Å². The minimum Gasteiger partial charge on any atom is -0.494 e. The lowest BCUT2D eigenvalue weighted by atomic mass is 9.87. The van der Waals surface area contributed by atoms with Crippen LogP contribution in [0.3, 0.4) is 0 Å². The Balaban J connectivity index is 2.31. The maximum atomic E-state index is 12.0. The molecule has 1 aromatic carbocycles. The average molecular weight is 363 g/mol. The van der Waals surface area contributed by atoms with Crippen LogP contribution in [-0.4, -0.2) is 30.0 Å². The Hall–Kier alpha value is -2.04. The number of hydrogen-bond donors (Lipinski definition) is 2. The molecule has 2 N–H and O–H groups in total. The third-order valence-corrected chi connectivity index (χ3v) is 3.81. The molecular formula is C21H34N2O3. The van der Waals surface area contributed by atoms with E-state index in [2.05, 4.69) is 43.5 Å². The summed E-state index contributed by atoms with van der Waals surface area (Å²) in [6, 6.07) is 7.50. The van der Waals surface area contributed by atoms with E-state index in [9.17, 15) is 9.59 Å². The molecule has 2 amide bonds. The molecule has 0 aliphatic carbocycles. The van der Waals surface area contributed by atoms with Gasteiger partial charge in [0.05, 0.1) is 6.61 Å². The van der Waals surface area contributed by atoms with Gasteiger partial charge in [-0.05, 0) is 57.2 Å². The number of nitrogens with one attached hydrogen (secondary N) is 2. The summed E-state index contributed by atoms with van der Waals surface area (Å²) in [6.45, 7) is 14.4. The second kappa shape index (κ2) is 9.06. The van der Waals surface area contributed by atoms with Crippen LogP contribution in [0.4, 0.5) is 0 Å². The quantitative estimate of drug-likeness (QED) is 0.729. The molecule has 1 rings (SSSR count). The highest BCUT2D eigenvalue weighted by atomic mass is 16.5. The molecule has 1 unspecified atom stereocenters. The zero-order chi connectivity index (χ0) is 20.0. The standard InChI is InChI=1S/C21H34N2O3/c1-15(19(25)23-21(5,6)7)22-18(24)9-8-14-26-17-12-10-16(11-13-17)20(2,3)4/h10-13,15H,8-9,14H2,1-7H3,(H,22,24)(H,23,25). The van der Waals surface area contributed by atoms with E-state index in [0.717, 1.165) is 5.75 Å². The minimum absolute atomic E-state index is 0.118. The van der Waals surface area contributed by atoms with E-state index in [1.807, 2.05) is 32.9 Å². The van der Waals surface area contributed by atoms with Crippen LogP contribution in [-0.2, 0) is 15.0 Å². The Morgan fingerprint density at radius 1 is 1.04 bits per heavy atom. The third-order valence-electron chi connectivity index (χ3n) is 3.81. The highest BCUT2D eigenvalue weighted by Gasteiger charge is 2.20. The first-order chi connectivity index (χ1) is 11.9. The number of carbonyl (C=O) groups excluding carboxylic acids is 2. The van der Waals surface area contributed by atoms with Crippen molar-refractivity contribution in [1.29, 1.82) is 0 Å². The fraction of sp³-hybridized carbons (Fsp3) is 0.619. The Morgan fingerprint density at radius 3 is 2.12 bits per heavy atom. The number of ether oxygens (including phenoxy) is 1. The van der Waals surface area contributed by atoms with Crippen molar-refractivity contribution in [2.45, 2.75) is 78.3 Å². The van der Waals surface area contributed by atoms with Crippen molar-refractivity contribution in [3.63, 3.8) is 0 Å². The van der Waals surface area contributed by atoms with E-state index in [4.69, 9.17) is 4.74 Å². The van der Waals surface area contributed by atoms with Gasteiger partial charge in [0.1, 0.15) is 11.8 Å². The third kappa shape index (κ3) is 8.37. The molecule has 0 aliphatic heterocycles. The van der Waals surface area contributed by atoms with Crippen LogP contribution in [0, 0.1) is 0 Å². The average Bonchev–Trinajstić information content (AvgIpc) is 2.49. The van der Waals surface area contributed by atoms with E-state index >= 15 is 0 Å². The van der Waals surface area contributed by atoms with E-state index in [0.29, 0.717) is 19.4 Å². The molecule has 5 heteroatoms. The molecule has 0 aliphatic rings. The van der Waals surface area contributed by atoms with Crippen LogP contribution in [0.2, 0.25) is 0 Å². The maximum Gasteiger partial charge on any atom is 0.242 e. The molecule has 0 saturated carbocycles. The molecule has 0 bridgehead atoms. The molecule has 5 nitrogen and oxygen atoms in total. The van der Waals surface area contributed by atoms with Crippen molar-refractivity contribution in [2.24, 2.45) is 0 Å². The van der Waals surface area contributed by atoms with Gasteiger partial charge in [0.25, 0.3) is 0 Å². The van der Waals surface area contributed by atoms with Gasteiger partial charge in [-0.2, -0.15) is 0 Å². The molecule has 1 atom stereocenters. The fourth-order valence-corrected chi connectivity index (χ4v) is 2.33. The Morgan fingerprint density at radius 2 is 1.62 bits per heavy atom. The molecule has 0 radical (unpaired) electrons. The number of amides is 2. The van der Waals surface area contributed by atoms with Crippen LogP contribution in [0.15, 0.2) is 24.3 Å². The number of benzene rings is 1. The molecule has 0 heterocycles. The molecule has 26 heavy (non-hydrogen) atoms. The molecule has 0 fully saturated rings. The highest BCUT2D eigenvalue weighted by Crippen LogP contribution is 2.24. The summed E-state index contributed by atoms with van der Waals surface area (Å²) in [4.78, 5) is 23.9. The summed E-state index contributed by atoms with van der Waals surface area (Å²) in [5, 5.41) is 5.57. The monoisotopic (exact) mass is 362 g/mol. The molecule has 146 valence electrons. The van der Waals surface area contributed by atoms with Gasteiger partial charge in [-0.25, -0.2) is 0 Å². The number of carbonyl (C=O) groups is 2. The van der Waals surface area contributed by atoms with Crippen LogP contribution in [0.1, 0.15) is 66.9 Å². The second-order valence-corrected chi connectivity index (χ2v) is 8.75. The summed E-state index contributed by atoms with van der Waals surface area (Å²) in [7, 11) is 0. The van der Waals surface area contributed by atoms with Crippen molar-refractivity contribution >= 4 is 11.8 Å². The molecule has 0 spiro atoms. The van der Waals surface area contributed by atoms with Gasteiger partial charge >= 0.3 is 0 Å². The minimum atomic E-state index is -0.549. The summed E-state index contributed by atoms with van der Waals surface area (Å²) >= 11 is 0. The Kier molecular flexibility index (Phi) is 7.67. The van der Waals surface area contributed by atoms with E-state index < -0.39 is 6.04 Å².